The summed E-state index contributed by atoms with van der Waals surface area (Å²) in [5.74, 6) is 0.102. The van der Waals surface area contributed by atoms with E-state index in [0.717, 1.165) is 12.8 Å². The molecule has 1 atom stereocenters. The van der Waals surface area contributed by atoms with Crippen molar-refractivity contribution >= 4 is 5.91 Å². The lowest BCUT2D eigenvalue weighted by Crippen LogP contribution is -2.29. The van der Waals surface area contributed by atoms with Crippen LogP contribution < -0.4 is 11.1 Å². The Labute approximate surface area is 122 Å². The zero-order valence-corrected chi connectivity index (χ0v) is 13.2. The molecule has 1 aromatic carbocycles. The number of nitrogens with two attached hydrogens (primary N) is 1. The van der Waals surface area contributed by atoms with Crippen LogP contribution in [0.2, 0.25) is 0 Å². The number of carbonyl (C=O) groups excluding carboxylic acids is 1. The zero-order valence-electron chi connectivity index (χ0n) is 13.2. The molecule has 3 nitrogen and oxygen atoms in total. The molecular weight excluding hydrogens is 248 g/mol. The highest BCUT2D eigenvalue weighted by atomic mass is 16.1. The van der Waals surface area contributed by atoms with E-state index in [1.807, 2.05) is 6.92 Å². The predicted octanol–water partition coefficient (Wildman–Crippen LogP) is 2.77. The second kappa shape index (κ2) is 7.44. The van der Waals surface area contributed by atoms with Gasteiger partial charge >= 0.3 is 0 Å². The van der Waals surface area contributed by atoms with Crippen molar-refractivity contribution in [3.05, 3.63) is 35.4 Å². The molecule has 112 valence electrons. The third-order valence-corrected chi connectivity index (χ3v) is 3.38. The Balaban J connectivity index is 2.37. The summed E-state index contributed by atoms with van der Waals surface area (Å²) in [5.41, 5.74) is 8.35. The van der Waals surface area contributed by atoms with Crippen molar-refractivity contribution in [1.29, 1.82) is 0 Å². The van der Waals surface area contributed by atoms with E-state index in [4.69, 9.17) is 5.73 Å². The molecule has 0 bridgehead atoms. The van der Waals surface area contributed by atoms with Crippen LogP contribution in [0.4, 0.5) is 0 Å². The maximum absolute atomic E-state index is 11.7. The van der Waals surface area contributed by atoms with Crippen molar-refractivity contribution < 1.29 is 4.79 Å². The molecule has 3 N–H and O–H groups in total. The van der Waals surface area contributed by atoms with E-state index in [9.17, 15) is 4.79 Å². The highest BCUT2D eigenvalue weighted by Crippen LogP contribution is 2.22. The van der Waals surface area contributed by atoms with Crippen molar-refractivity contribution in [3.63, 3.8) is 0 Å². The van der Waals surface area contributed by atoms with Crippen LogP contribution in [-0.4, -0.2) is 18.5 Å². The summed E-state index contributed by atoms with van der Waals surface area (Å²) in [7, 11) is 0. The quantitative estimate of drug-likeness (QED) is 0.839. The van der Waals surface area contributed by atoms with Gasteiger partial charge in [0.1, 0.15) is 0 Å². The van der Waals surface area contributed by atoms with Crippen LogP contribution in [0, 0.1) is 0 Å². The second-order valence-corrected chi connectivity index (χ2v) is 6.56. The lowest BCUT2D eigenvalue weighted by molar-refractivity contribution is -0.121. The summed E-state index contributed by atoms with van der Waals surface area (Å²) in [4.78, 5) is 11.7. The zero-order chi connectivity index (χ0) is 15.2. The summed E-state index contributed by atoms with van der Waals surface area (Å²) < 4.78 is 0. The maximum atomic E-state index is 11.7. The van der Waals surface area contributed by atoms with Crippen molar-refractivity contribution in [3.8, 4) is 0 Å². The fourth-order valence-electron chi connectivity index (χ4n) is 1.96. The molecule has 0 aliphatic rings. The Bertz CT molecular complexity index is 416. The molecule has 1 amide bonds. The third kappa shape index (κ3) is 6.20. The third-order valence-electron chi connectivity index (χ3n) is 3.38. The van der Waals surface area contributed by atoms with Crippen molar-refractivity contribution in [1.82, 2.24) is 5.32 Å². The molecule has 0 saturated heterocycles. The first-order valence-electron chi connectivity index (χ1n) is 7.41. The average molecular weight is 276 g/mol. The summed E-state index contributed by atoms with van der Waals surface area (Å²) in [6.07, 6.45) is 2.15. The van der Waals surface area contributed by atoms with E-state index < -0.39 is 0 Å². The van der Waals surface area contributed by atoms with E-state index in [0.29, 0.717) is 13.0 Å². The van der Waals surface area contributed by atoms with Crippen molar-refractivity contribution in [2.75, 3.05) is 6.54 Å². The van der Waals surface area contributed by atoms with Gasteiger partial charge in [-0.1, -0.05) is 45.0 Å². The molecule has 0 saturated carbocycles. The molecule has 1 unspecified atom stereocenters. The van der Waals surface area contributed by atoms with Gasteiger partial charge in [0.15, 0.2) is 0 Å². The van der Waals surface area contributed by atoms with Crippen LogP contribution in [0.15, 0.2) is 24.3 Å². The van der Waals surface area contributed by atoms with E-state index in [2.05, 4.69) is 50.4 Å². The van der Waals surface area contributed by atoms with Crippen LogP contribution in [-0.2, 0) is 16.6 Å². The van der Waals surface area contributed by atoms with Gasteiger partial charge < -0.3 is 11.1 Å². The second-order valence-electron chi connectivity index (χ2n) is 6.56. The van der Waals surface area contributed by atoms with Crippen LogP contribution in [0.1, 0.15) is 51.7 Å². The minimum absolute atomic E-state index is 0.102. The minimum atomic E-state index is 0.102. The van der Waals surface area contributed by atoms with Gasteiger partial charge in [0, 0.05) is 19.0 Å². The summed E-state index contributed by atoms with van der Waals surface area (Å²) in [5, 5.41) is 2.90. The van der Waals surface area contributed by atoms with Gasteiger partial charge in [0.25, 0.3) is 0 Å². The largest absolute Gasteiger partial charge is 0.356 e. The van der Waals surface area contributed by atoms with Crippen LogP contribution in [0.25, 0.3) is 0 Å². The Kier molecular flexibility index (Phi) is 6.21. The molecule has 0 radical (unpaired) electrons. The van der Waals surface area contributed by atoms with E-state index in [-0.39, 0.29) is 17.4 Å². The molecule has 1 aromatic rings. The first kappa shape index (κ1) is 16.7. The van der Waals surface area contributed by atoms with Crippen LogP contribution in [0.5, 0.6) is 0 Å². The van der Waals surface area contributed by atoms with Gasteiger partial charge in [-0.25, -0.2) is 0 Å². The SMILES string of the molecule is CC(N)CCNC(=O)CCc1ccc(C(C)(C)C)cc1. The van der Waals surface area contributed by atoms with Gasteiger partial charge in [0.2, 0.25) is 5.91 Å². The summed E-state index contributed by atoms with van der Waals surface area (Å²) in [6.45, 7) is 9.22. The molecule has 0 aliphatic carbocycles. The highest BCUT2D eigenvalue weighted by Gasteiger charge is 2.12. The number of benzene rings is 1. The molecule has 20 heavy (non-hydrogen) atoms. The molecule has 0 fully saturated rings. The topological polar surface area (TPSA) is 55.1 Å². The maximum Gasteiger partial charge on any atom is 0.220 e. The molecule has 0 heterocycles. The van der Waals surface area contributed by atoms with Crippen molar-refractivity contribution in [2.24, 2.45) is 5.73 Å². The van der Waals surface area contributed by atoms with Crippen molar-refractivity contribution in [2.45, 2.75) is 58.4 Å². The Morgan fingerprint density at radius 3 is 2.35 bits per heavy atom. The van der Waals surface area contributed by atoms with E-state index in [1.54, 1.807) is 0 Å². The molecule has 0 aromatic heterocycles. The number of aryl methyl sites for hydroxylation is 1. The number of nitrogens with one attached hydrogen (secondary N) is 1. The molecule has 0 aliphatic heterocycles. The van der Waals surface area contributed by atoms with E-state index in [1.165, 1.54) is 11.1 Å². The van der Waals surface area contributed by atoms with Gasteiger partial charge in [0.05, 0.1) is 0 Å². The number of carbonyl (C=O) groups is 1. The molecular formula is C17H28N2O. The van der Waals surface area contributed by atoms with Gasteiger partial charge in [-0.05, 0) is 36.3 Å². The predicted molar refractivity (Wildman–Crippen MR) is 84.7 cm³/mol. The lowest BCUT2D eigenvalue weighted by atomic mass is 9.86. The molecule has 1 rings (SSSR count). The number of rotatable bonds is 6. The van der Waals surface area contributed by atoms with Gasteiger partial charge in [-0.3, -0.25) is 4.79 Å². The summed E-state index contributed by atoms with van der Waals surface area (Å²) >= 11 is 0. The first-order valence-corrected chi connectivity index (χ1v) is 7.41. The molecule has 0 spiro atoms. The monoisotopic (exact) mass is 276 g/mol. The smallest absolute Gasteiger partial charge is 0.220 e. The first-order chi connectivity index (χ1) is 9.29. The van der Waals surface area contributed by atoms with Gasteiger partial charge in [-0.2, -0.15) is 0 Å². The normalized spacial score (nSPS) is 13.1. The highest BCUT2D eigenvalue weighted by molar-refractivity contribution is 5.76. The van der Waals surface area contributed by atoms with Gasteiger partial charge in [-0.15, -0.1) is 0 Å². The minimum Gasteiger partial charge on any atom is -0.356 e. The fourth-order valence-corrected chi connectivity index (χ4v) is 1.96. The van der Waals surface area contributed by atoms with Crippen LogP contribution in [0.3, 0.4) is 0 Å². The van der Waals surface area contributed by atoms with Crippen LogP contribution >= 0.6 is 0 Å². The fraction of sp³-hybridized carbons (Fsp3) is 0.588. The van der Waals surface area contributed by atoms with E-state index >= 15 is 0 Å². The Hall–Kier alpha value is -1.35. The Morgan fingerprint density at radius 2 is 1.85 bits per heavy atom. The number of amides is 1. The standard InChI is InChI=1S/C17H28N2O/c1-13(18)11-12-19-16(20)10-7-14-5-8-15(9-6-14)17(2,3)4/h5-6,8-9,13H,7,10-12,18H2,1-4H3,(H,19,20). The average Bonchev–Trinajstić information content (AvgIpc) is 2.35. The number of hydrogen-bond acceptors (Lipinski definition) is 2. The summed E-state index contributed by atoms with van der Waals surface area (Å²) in [6, 6.07) is 8.69. The lowest BCUT2D eigenvalue weighted by Gasteiger charge is -2.19. The molecule has 3 heteroatoms. The Morgan fingerprint density at radius 1 is 1.25 bits per heavy atom. The number of hydrogen-bond donors (Lipinski definition) is 2.